The van der Waals surface area contributed by atoms with E-state index in [0.717, 1.165) is 5.56 Å². The molecule has 1 amide bonds. The molecule has 0 unspecified atom stereocenters. The van der Waals surface area contributed by atoms with Gasteiger partial charge in [-0.25, -0.2) is 0 Å². The summed E-state index contributed by atoms with van der Waals surface area (Å²) in [6, 6.07) is 12.5. The number of anilines is 1. The van der Waals surface area contributed by atoms with E-state index in [1.807, 2.05) is 19.1 Å². The molecule has 0 aliphatic heterocycles. The molecule has 0 saturated carbocycles. The maximum Gasteiger partial charge on any atom is 0.257 e. The fraction of sp³-hybridized carbons (Fsp3) is 0.222. The molecule has 0 fully saturated rings. The van der Waals surface area contributed by atoms with E-state index >= 15 is 0 Å². The van der Waals surface area contributed by atoms with Crippen LogP contribution in [0, 0.1) is 6.92 Å². The van der Waals surface area contributed by atoms with Crippen LogP contribution in [-0.4, -0.2) is 16.1 Å². The number of thiocarbonyl (C=S) groups is 1. The van der Waals surface area contributed by atoms with E-state index in [4.69, 9.17) is 12.2 Å². The minimum Gasteiger partial charge on any atom is -0.506 e. The van der Waals surface area contributed by atoms with Crippen molar-refractivity contribution in [3.05, 3.63) is 59.2 Å². The van der Waals surface area contributed by atoms with Gasteiger partial charge in [0, 0.05) is 5.56 Å². The molecule has 0 aromatic heterocycles. The first-order chi connectivity index (χ1) is 10.9. The Kier molecular flexibility index (Phi) is 5.34. The number of phenolic OH excluding ortho intramolecular Hbond substituents is 1. The summed E-state index contributed by atoms with van der Waals surface area (Å²) >= 11 is 5.13. The molecule has 0 heterocycles. The summed E-state index contributed by atoms with van der Waals surface area (Å²) in [5.74, 6) is 0.206. The Labute approximate surface area is 141 Å². The second-order valence-corrected chi connectivity index (χ2v) is 6.11. The smallest absolute Gasteiger partial charge is 0.257 e. The Hall–Kier alpha value is -2.40. The second kappa shape index (κ2) is 7.24. The monoisotopic (exact) mass is 328 g/mol. The average Bonchev–Trinajstić information content (AvgIpc) is 2.51. The van der Waals surface area contributed by atoms with Gasteiger partial charge in [-0.05, 0) is 60.5 Å². The molecule has 0 bridgehead atoms. The summed E-state index contributed by atoms with van der Waals surface area (Å²) in [4.78, 5) is 12.2. The first-order valence-electron chi connectivity index (χ1n) is 7.38. The van der Waals surface area contributed by atoms with Crippen LogP contribution in [0.1, 0.15) is 41.3 Å². The Morgan fingerprint density at radius 3 is 2.39 bits per heavy atom. The zero-order valence-electron chi connectivity index (χ0n) is 13.4. The highest BCUT2D eigenvalue weighted by Gasteiger charge is 2.10. The second-order valence-electron chi connectivity index (χ2n) is 5.71. The van der Waals surface area contributed by atoms with Crippen LogP contribution < -0.4 is 10.6 Å². The van der Waals surface area contributed by atoms with Crippen molar-refractivity contribution < 1.29 is 9.90 Å². The molecule has 0 atom stereocenters. The molecule has 0 saturated heterocycles. The van der Waals surface area contributed by atoms with Crippen molar-refractivity contribution in [3.63, 3.8) is 0 Å². The van der Waals surface area contributed by atoms with Crippen molar-refractivity contribution in [3.8, 4) is 5.75 Å². The lowest BCUT2D eigenvalue weighted by atomic mass is 10.0. The van der Waals surface area contributed by atoms with Gasteiger partial charge in [0.25, 0.3) is 5.91 Å². The number of aromatic hydroxyl groups is 1. The molecule has 2 rings (SSSR count). The topological polar surface area (TPSA) is 61.4 Å². The van der Waals surface area contributed by atoms with Crippen LogP contribution in [0.4, 0.5) is 5.69 Å². The zero-order valence-corrected chi connectivity index (χ0v) is 14.2. The van der Waals surface area contributed by atoms with Crippen molar-refractivity contribution in [1.29, 1.82) is 0 Å². The quantitative estimate of drug-likeness (QED) is 0.590. The zero-order chi connectivity index (χ0) is 17.0. The number of carbonyl (C=O) groups excluding carboxylic acids is 1. The highest BCUT2D eigenvalue weighted by Crippen LogP contribution is 2.23. The van der Waals surface area contributed by atoms with Crippen LogP contribution in [0.5, 0.6) is 5.75 Å². The number of aryl methyl sites for hydroxylation is 1. The fourth-order valence-electron chi connectivity index (χ4n) is 2.10. The van der Waals surface area contributed by atoms with Gasteiger partial charge in [-0.3, -0.25) is 10.1 Å². The summed E-state index contributed by atoms with van der Waals surface area (Å²) in [6.07, 6.45) is 0. The van der Waals surface area contributed by atoms with E-state index in [0.29, 0.717) is 17.2 Å². The molecule has 120 valence electrons. The molecule has 0 spiro atoms. The third-order valence-corrected chi connectivity index (χ3v) is 3.67. The molecular formula is C18H20N2O2S. The van der Waals surface area contributed by atoms with Crippen molar-refractivity contribution in [1.82, 2.24) is 5.32 Å². The average molecular weight is 328 g/mol. The SMILES string of the molecule is Cc1ccc(O)c(NC(=S)NC(=O)c2ccc(C(C)C)cc2)c1. The van der Waals surface area contributed by atoms with Crippen LogP contribution in [0.15, 0.2) is 42.5 Å². The van der Waals surface area contributed by atoms with E-state index < -0.39 is 0 Å². The largest absolute Gasteiger partial charge is 0.506 e. The molecule has 23 heavy (non-hydrogen) atoms. The maximum atomic E-state index is 12.2. The third kappa shape index (κ3) is 4.53. The van der Waals surface area contributed by atoms with Gasteiger partial charge >= 0.3 is 0 Å². The molecule has 3 N–H and O–H groups in total. The van der Waals surface area contributed by atoms with Gasteiger partial charge in [0.2, 0.25) is 0 Å². The van der Waals surface area contributed by atoms with Crippen LogP contribution in [0.3, 0.4) is 0 Å². The molecule has 2 aromatic rings. The lowest BCUT2D eigenvalue weighted by Gasteiger charge is -2.12. The van der Waals surface area contributed by atoms with E-state index in [9.17, 15) is 9.90 Å². The van der Waals surface area contributed by atoms with Crippen LogP contribution >= 0.6 is 12.2 Å². The Bertz CT molecular complexity index is 724. The van der Waals surface area contributed by atoms with Crippen molar-refractivity contribution in [2.75, 3.05) is 5.32 Å². The Balaban J connectivity index is 2.02. The van der Waals surface area contributed by atoms with Crippen molar-refractivity contribution in [2.45, 2.75) is 26.7 Å². The van der Waals surface area contributed by atoms with Crippen LogP contribution in [0.25, 0.3) is 0 Å². The van der Waals surface area contributed by atoms with Gasteiger partial charge in [0.05, 0.1) is 5.69 Å². The van der Waals surface area contributed by atoms with Gasteiger partial charge in [-0.15, -0.1) is 0 Å². The van der Waals surface area contributed by atoms with Gasteiger partial charge < -0.3 is 10.4 Å². The van der Waals surface area contributed by atoms with Gasteiger partial charge in [-0.2, -0.15) is 0 Å². The normalized spacial score (nSPS) is 10.4. The number of rotatable bonds is 3. The summed E-state index contributed by atoms with van der Waals surface area (Å²) in [6.45, 7) is 6.10. The number of hydrogen-bond acceptors (Lipinski definition) is 3. The Morgan fingerprint density at radius 2 is 1.78 bits per heavy atom. The number of hydrogen-bond donors (Lipinski definition) is 3. The highest BCUT2D eigenvalue weighted by molar-refractivity contribution is 7.80. The summed E-state index contributed by atoms with van der Waals surface area (Å²) in [5.41, 5.74) is 3.15. The number of carbonyl (C=O) groups is 1. The minimum absolute atomic E-state index is 0.0773. The fourth-order valence-corrected chi connectivity index (χ4v) is 2.30. The molecule has 5 heteroatoms. The standard InChI is InChI=1S/C18H20N2O2S/c1-11(2)13-5-7-14(8-6-13)17(22)20-18(23)19-15-10-12(3)4-9-16(15)21/h4-11,21H,1-3H3,(H2,19,20,22,23). The molecule has 0 aliphatic carbocycles. The predicted molar refractivity (Wildman–Crippen MR) is 97.1 cm³/mol. The predicted octanol–water partition coefficient (Wildman–Crippen LogP) is 3.95. The van der Waals surface area contributed by atoms with E-state index in [1.54, 1.807) is 30.3 Å². The first kappa shape index (κ1) is 17.0. The first-order valence-corrected chi connectivity index (χ1v) is 7.79. The summed E-state index contributed by atoms with van der Waals surface area (Å²) in [7, 11) is 0. The molecule has 2 aromatic carbocycles. The van der Waals surface area contributed by atoms with Crippen molar-refractivity contribution in [2.24, 2.45) is 0 Å². The van der Waals surface area contributed by atoms with Gasteiger partial charge in [0.15, 0.2) is 5.11 Å². The van der Waals surface area contributed by atoms with E-state index in [-0.39, 0.29) is 16.8 Å². The number of benzene rings is 2. The van der Waals surface area contributed by atoms with Gasteiger partial charge in [-0.1, -0.05) is 32.0 Å². The Morgan fingerprint density at radius 1 is 1.13 bits per heavy atom. The van der Waals surface area contributed by atoms with Crippen LogP contribution in [-0.2, 0) is 0 Å². The maximum absolute atomic E-state index is 12.2. The van der Waals surface area contributed by atoms with Crippen molar-refractivity contribution >= 4 is 28.9 Å². The third-order valence-electron chi connectivity index (χ3n) is 3.47. The lowest BCUT2D eigenvalue weighted by Crippen LogP contribution is -2.34. The van der Waals surface area contributed by atoms with Gasteiger partial charge in [0.1, 0.15) is 5.75 Å². The summed E-state index contributed by atoms with van der Waals surface area (Å²) < 4.78 is 0. The lowest BCUT2D eigenvalue weighted by molar-refractivity contribution is 0.0977. The van der Waals surface area contributed by atoms with E-state index in [1.165, 1.54) is 5.56 Å². The van der Waals surface area contributed by atoms with Crippen LogP contribution in [0.2, 0.25) is 0 Å². The summed E-state index contributed by atoms with van der Waals surface area (Å²) in [5, 5.41) is 15.4. The number of nitrogens with one attached hydrogen (secondary N) is 2. The molecule has 4 nitrogen and oxygen atoms in total. The molecule has 0 aliphatic rings. The van der Waals surface area contributed by atoms with E-state index in [2.05, 4.69) is 24.5 Å². The minimum atomic E-state index is -0.287. The highest BCUT2D eigenvalue weighted by atomic mass is 32.1. The molecule has 0 radical (unpaired) electrons. The number of phenols is 1. The number of amides is 1. The molecular weight excluding hydrogens is 308 g/mol.